The van der Waals surface area contributed by atoms with Crippen LogP contribution in [0.1, 0.15) is 25.7 Å². The van der Waals surface area contributed by atoms with Gasteiger partial charge in [0.2, 0.25) is 17.7 Å². The number of carbonyl (C=O) groups excluding carboxylic acids is 1. The minimum absolute atomic E-state index is 0.0296. The summed E-state index contributed by atoms with van der Waals surface area (Å²) >= 11 is 0. The molecule has 2 heterocycles. The van der Waals surface area contributed by atoms with Gasteiger partial charge in [0, 0.05) is 31.0 Å². The lowest BCUT2D eigenvalue weighted by Crippen LogP contribution is -2.41. The first-order chi connectivity index (χ1) is 12.4. The Kier molecular flexibility index (Phi) is 5.36. The first-order valence-electron chi connectivity index (χ1n) is 8.46. The van der Waals surface area contributed by atoms with Crippen molar-refractivity contribution in [3.63, 3.8) is 0 Å². The van der Waals surface area contributed by atoms with Crippen molar-refractivity contribution < 1.29 is 22.0 Å². The Morgan fingerprint density at radius 1 is 1.31 bits per heavy atom. The largest absolute Gasteiger partial charge is 0.421 e. The van der Waals surface area contributed by atoms with Crippen molar-refractivity contribution in [1.82, 2.24) is 15.1 Å². The summed E-state index contributed by atoms with van der Waals surface area (Å²) in [6.45, 7) is 2.30. The van der Waals surface area contributed by atoms with E-state index in [0.29, 0.717) is 24.4 Å². The van der Waals surface area contributed by atoms with Crippen LogP contribution < -0.4 is 0 Å². The number of hydrogen-bond donors (Lipinski definition) is 0. The molecular formula is C17H20FN3O4S. The van der Waals surface area contributed by atoms with E-state index >= 15 is 0 Å². The zero-order chi connectivity index (χ0) is 18.7. The Labute approximate surface area is 151 Å². The molecule has 9 heteroatoms. The molecule has 140 valence electrons. The van der Waals surface area contributed by atoms with E-state index in [1.54, 1.807) is 4.90 Å². The van der Waals surface area contributed by atoms with E-state index in [1.807, 2.05) is 6.92 Å². The molecule has 0 saturated carbocycles. The normalized spacial score (nSPS) is 18.8. The van der Waals surface area contributed by atoms with Gasteiger partial charge in [-0.05, 0) is 37.6 Å². The van der Waals surface area contributed by atoms with Gasteiger partial charge in [-0.1, -0.05) is 0 Å². The van der Waals surface area contributed by atoms with Gasteiger partial charge < -0.3 is 9.32 Å². The van der Waals surface area contributed by atoms with Crippen molar-refractivity contribution in [1.29, 1.82) is 0 Å². The molecule has 3 rings (SSSR count). The second kappa shape index (κ2) is 7.53. The van der Waals surface area contributed by atoms with Crippen LogP contribution in [0.3, 0.4) is 0 Å². The lowest BCUT2D eigenvalue weighted by molar-refractivity contribution is -0.132. The SMILES string of the molecule is CCN(C(=O)CCc1nnc(-c2ccc(F)cc2)o1)C1CCS(=O)(=O)C1. The predicted molar refractivity (Wildman–Crippen MR) is 92.5 cm³/mol. The van der Waals surface area contributed by atoms with Gasteiger partial charge in [-0.3, -0.25) is 4.79 Å². The van der Waals surface area contributed by atoms with Crippen LogP contribution in [0.25, 0.3) is 11.5 Å². The standard InChI is InChI=1S/C17H20FN3O4S/c1-2-21(14-9-10-26(23,24)11-14)16(22)8-7-15-19-20-17(25-15)12-3-5-13(18)6-4-12/h3-6,14H,2,7-11H2,1H3. The molecule has 26 heavy (non-hydrogen) atoms. The number of aryl methyl sites for hydroxylation is 1. The Hall–Kier alpha value is -2.29. The number of sulfone groups is 1. The van der Waals surface area contributed by atoms with Gasteiger partial charge in [0.15, 0.2) is 9.84 Å². The fourth-order valence-corrected chi connectivity index (χ4v) is 4.81. The third kappa shape index (κ3) is 4.27. The van der Waals surface area contributed by atoms with Crippen LogP contribution in [0.5, 0.6) is 0 Å². The lowest BCUT2D eigenvalue weighted by atomic mass is 10.2. The number of carbonyl (C=O) groups is 1. The maximum Gasteiger partial charge on any atom is 0.247 e. The predicted octanol–water partition coefficient (Wildman–Crippen LogP) is 1.84. The summed E-state index contributed by atoms with van der Waals surface area (Å²) in [7, 11) is -3.04. The summed E-state index contributed by atoms with van der Waals surface area (Å²) in [6, 6.07) is 5.43. The van der Waals surface area contributed by atoms with Gasteiger partial charge in [0.1, 0.15) is 5.82 Å². The molecule has 0 radical (unpaired) electrons. The highest BCUT2D eigenvalue weighted by atomic mass is 32.2. The van der Waals surface area contributed by atoms with Crippen molar-refractivity contribution in [2.24, 2.45) is 0 Å². The molecule has 1 aliphatic heterocycles. The van der Waals surface area contributed by atoms with Crippen LogP contribution in [0.15, 0.2) is 28.7 Å². The first kappa shape index (κ1) is 18.5. The van der Waals surface area contributed by atoms with E-state index in [-0.39, 0.29) is 48.0 Å². The highest BCUT2D eigenvalue weighted by Crippen LogP contribution is 2.21. The third-order valence-electron chi connectivity index (χ3n) is 4.42. The molecule has 0 bridgehead atoms. The van der Waals surface area contributed by atoms with Crippen molar-refractivity contribution in [3.8, 4) is 11.5 Å². The molecule has 1 aromatic carbocycles. The fourth-order valence-electron chi connectivity index (χ4n) is 3.08. The number of amides is 1. The summed E-state index contributed by atoms with van der Waals surface area (Å²) in [5.74, 6) is 0.256. The molecule has 7 nitrogen and oxygen atoms in total. The number of nitrogens with zero attached hydrogens (tertiary/aromatic N) is 3. The summed E-state index contributed by atoms with van der Waals surface area (Å²) in [6.07, 6.45) is 0.912. The zero-order valence-electron chi connectivity index (χ0n) is 14.4. The number of halogens is 1. The summed E-state index contributed by atoms with van der Waals surface area (Å²) < 4.78 is 41.7. The Bertz CT molecular complexity index is 880. The summed E-state index contributed by atoms with van der Waals surface area (Å²) in [5, 5.41) is 7.83. The monoisotopic (exact) mass is 381 g/mol. The van der Waals surface area contributed by atoms with E-state index in [0.717, 1.165) is 0 Å². The number of aromatic nitrogens is 2. The third-order valence-corrected chi connectivity index (χ3v) is 6.17. The van der Waals surface area contributed by atoms with Crippen molar-refractivity contribution in [3.05, 3.63) is 36.0 Å². The van der Waals surface area contributed by atoms with Crippen molar-refractivity contribution >= 4 is 15.7 Å². The molecule has 1 fully saturated rings. The Morgan fingerprint density at radius 3 is 2.65 bits per heavy atom. The van der Waals surface area contributed by atoms with E-state index in [9.17, 15) is 17.6 Å². The first-order valence-corrected chi connectivity index (χ1v) is 10.3. The van der Waals surface area contributed by atoms with E-state index in [4.69, 9.17) is 4.42 Å². The number of rotatable bonds is 6. The van der Waals surface area contributed by atoms with Crippen LogP contribution in [0, 0.1) is 5.82 Å². The van der Waals surface area contributed by atoms with Crippen LogP contribution in [0.2, 0.25) is 0 Å². The molecule has 2 aromatic rings. The van der Waals surface area contributed by atoms with Crippen LogP contribution >= 0.6 is 0 Å². The van der Waals surface area contributed by atoms with Gasteiger partial charge in [0.25, 0.3) is 0 Å². The van der Waals surface area contributed by atoms with Crippen LogP contribution in [-0.4, -0.2) is 53.5 Å². The smallest absolute Gasteiger partial charge is 0.247 e. The van der Waals surface area contributed by atoms with Gasteiger partial charge in [0.05, 0.1) is 11.5 Å². The fraction of sp³-hybridized carbons (Fsp3) is 0.471. The quantitative estimate of drug-likeness (QED) is 0.758. The second-order valence-electron chi connectivity index (χ2n) is 6.24. The zero-order valence-corrected chi connectivity index (χ0v) is 15.2. The molecule has 1 saturated heterocycles. The molecule has 0 aliphatic carbocycles. The van der Waals surface area contributed by atoms with E-state index in [1.165, 1.54) is 24.3 Å². The average molecular weight is 381 g/mol. The van der Waals surface area contributed by atoms with Gasteiger partial charge in [-0.15, -0.1) is 10.2 Å². The molecule has 0 N–H and O–H groups in total. The highest BCUT2D eigenvalue weighted by molar-refractivity contribution is 7.91. The van der Waals surface area contributed by atoms with Gasteiger partial charge in [-0.25, -0.2) is 12.8 Å². The Morgan fingerprint density at radius 2 is 2.04 bits per heavy atom. The van der Waals surface area contributed by atoms with Crippen LogP contribution in [-0.2, 0) is 21.1 Å². The summed E-state index contributed by atoms with van der Waals surface area (Å²) in [4.78, 5) is 14.1. The highest BCUT2D eigenvalue weighted by Gasteiger charge is 2.33. The minimum Gasteiger partial charge on any atom is -0.421 e. The molecule has 1 aliphatic rings. The van der Waals surface area contributed by atoms with Gasteiger partial charge >= 0.3 is 0 Å². The molecule has 1 aromatic heterocycles. The topological polar surface area (TPSA) is 93.4 Å². The van der Waals surface area contributed by atoms with Gasteiger partial charge in [-0.2, -0.15) is 0 Å². The second-order valence-corrected chi connectivity index (χ2v) is 8.47. The molecule has 0 spiro atoms. The lowest BCUT2D eigenvalue weighted by Gasteiger charge is -2.26. The van der Waals surface area contributed by atoms with Crippen molar-refractivity contribution in [2.75, 3.05) is 18.1 Å². The molecular weight excluding hydrogens is 361 g/mol. The van der Waals surface area contributed by atoms with Crippen LogP contribution in [0.4, 0.5) is 4.39 Å². The molecule has 1 amide bonds. The van der Waals surface area contributed by atoms with E-state index < -0.39 is 9.84 Å². The Balaban J connectivity index is 1.60. The maximum absolute atomic E-state index is 13.0. The van der Waals surface area contributed by atoms with E-state index in [2.05, 4.69) is 10.2 Å². The molecule has 1 unspecified atom stereocenters. The number of benzene rings is 1. The maximum atomic E-state index is 13.0. The summed E-state index contributed by atoms with van der Waals surface area (Å²) in [5.41, 5.74) is 0.600. The average Bonchev–Trinajstić information content (AvgIpc) is 3.21. The van der Waals surface area contributed by atoms with Crippen molar-refractivity contribution in [2.45, 2.75) is 32.2 Å². The number of hydrogen-bond acceptors (Lipinski definition) is 6. The molecule has 1 atom stereocenters. The minimum atomic E-state index is -3.04.